The maximum absolute atomic E-state index is 10.4. The summed E-state index contributed by atoms with van der Waals surface area (Å²) in [4.78, 5) is 13.9. The minimum atomic E-state index is -0.443. The van der Waals surface area contributed by atoms with E-state index >= 15 is 0 Å². The zero-order valence-corrected chi connectivity index (χ0v) is 7.12. The van der Waals surface area contributed by atoms with Gasteiger partial charge in [0.05, 0.1) is 4.92 Å². The molecule has 0 N–H and O–H groups in total. The molecule has 2 rings (SSSR count). The molecule has 0 aliphatic carbocycles. The van der Waals surface area contributed by atoms with Gasteiger partial charge in [0.15, 0.2) is 12.5 Å². The van der Waals surface area contributed by atoms with Crippen LogP contribution in [0.1, 0.15) is 5.56 Å². The average Bonchev–Trinajstić information content (AvgIpc) is 2.71. The minimum absolute atomic E-state index is 0.0595. The molecule has 70 valence electrons. The number of azo groups is 1. The summed E-state index contributed by atoms with van der Waals surface area (Å²) in [7, 11) is 0. The van der Waals surface area contributed by atoms with Crippen molar-refractivity contribution in [2.24, 2.45) is 15.2 Å². The number of nitrogens with zero attached hydrogens (tertiary/aromatic N) is 4. The fourth-order valence-electron chi connectivity index (χ4n) is 1.11. The van der Waals surface area contributed by atoms with Gasteiger partial charge in [-0.25, -0.2) is 4.99 Å². The molecule has 6 heteroatoms. The predicted molar refractivity (Wildman–Crippen MR) is 49.4 cm³/mol. The molecule has 0 saturated carbocycles. The Morgan fingerprint density at radius 2 is 2.00 bits per heavy atom. The third kappa shape index (κ3) is 1.49. The summed E-state index contributed by atoms with van der Waals surface area (Å²) < 4.78 is 0. The number of nitro groups is 1. The van der Waals surface area contributed by atoms with E-state index < -0.39 is 4.92 Å². The SMILES string of the molecule is O=[N+]([O-])c1ccc(C2=NCN=N2)cc1. The number of benzene rings is 1. The lowest BCUT2D eigenvalue weighted by Crippen LogP contribution is -1.94. The van der Waals surface area contributed by atoms with Gasteiger partial charge < -0.3 is 0 Å². The van der Waals surface area contributed by atoms with E-state index in [4.69, 9.17) is 0 Å². The van der Waals surface area contributed by atoms with Crippen LogP contribution in [0, 0.1) is 10.1 Å². The van der Waals surface area contributed by atoms with E-state index in [-0.39, 0.29) is 5.69 Å². The summed E-state index contributed by atoms with van der Waals surface area (Å²) in [6, 6.07) is 6.07. The molecular formula is C8H6N4O2. The molecular weight excluding hydrogens is 184 g/mol. The Labute approximate surface area is 79.2 Å². The van der Waals surface area contributed by atoms with E-state index in [2.05, 4.69) is 15.2 Å². The van der Waals surface area contributed by atoms with Crippen LogP contribution in [0.3, 0.4) is 0 Å². The molecule has 1 aliphatic heterocycles. The van der Waals surface area contributed by atoms with Crippen LogP contribution >= 0.6 is 0 Å². The van der Waals surface area contributed by atoms with Crippen molar-refractivity contribution in [2.45, 2.75) is 0 Å². The van der Waals surface area contributed by atoms with Crippen molar-refractivity contribution in [1.82, 2.24) is 0 Å². The number of amidine groups is 1. The second-order valence-electron chi connectivity index (χ2n) is 2.67. The molecule has 0 atom stereocenters. The van der Waals surface area contributed by atoms with Crippen molar-refractivity contribution in [3.63, 3.8) is 0 Å². The van der Waals surface area contributed by atoms with Crippen molar-refractivity contribution in [1.29, 1.82) is 0 Å². The van der Waals surface area contributed by atoms with Gasteiger partial charge in [0.2, 0.25) is 0 Å². The van der Waals surface area contributed by atoms with Crippen molar-refractivity contribution < 1.29 is 4.92 Å². The minimum Gasteiger partial charge on any atom is -0.258 e. The van der Waals surface area contributed by atoms with E-state index in [9.17, 15) is 10.1 Å². The molecule has 0 aromatic heterocycles. The number of hydrogen-bond acceptors (Lipinski definition) is 5. The second kappa shape index (κ2) is 3.33. The van der Waals surface area contributed by atoms with E-state index in [1.165, 1.54) is 12.1 Å². The maximum Gasteiger partial charge on any atom is 0.269 e. The molecule has 0 spiro atoms. The van der Waals surface area contributed by atoms with E-state index in [1.807, 2.05) is 0 Å². The lowest BCUT2D eigenvalue weighted by atomic mass is 10.2. The first-order chi connectivity index (χ1) is 6.77. The van der Waals surface area contributed by atoms with Gasteiger partial charge in [0.25, 0.3) is 5.69 Å². The van der Waals surface area contributed by atoms with E-state index in [0.717, 1.165) is 5.56 Å². The van der Waals surface area contributed by atoms with E-state index in [0.29, 0.717) is 12.5 Å². The molecule has 0 saturated heterocycles. The van der Waals surface area contributed by atoms with Crippen LogP contribution in [-0.4, -0.2) is 17.4 Å². The molecule has 14 heavy (non-hydrogen) atoms. The summed E-state index contributed by atoms with van der Waals surface area (Å²) in [5, 5.41) is 17.8. The number of rotatable bonds is 2. The topological polar surface area (TPSA) is 80.2 Å². The molecule has 0 radical (unpaired) electrons. The third-order valence-electron chi connectivity index (χ3n) is 1.79. The third-order valence-corrected chi connectivity index (χ3v) is 1.79. The fraction of sp³-hybridized carbons (Fsp3) is 0.125. The number of hydrogen-bond donors (Lipinski definition) is 0. The maximum atomic E-state index is 10.4. The standard InChI is InChI=1S/C8H6N4O2/c13-12(14)7-3-1-6(2-4-7)8-9-5-10-11-8/h1-4H,5H2. The highest BCUT2D eigenvalue weighted by molar-refractivity contribution is 5.99. The van der Waals surface area contributed by atoms with Crippen LogP contribution in [0.25, 0.3) is 0 Å². The Morgan fingerprint density at radius 3 is 2.50 bits per heavy atom. The molecule has 0 fully saturated rings. The normalized spacial score (nSPS) is 14.1. The number of aliphatic imine (C=N–C) groups is 1. The smallest absolute Gasteiger partial charge is 0.258 e. The molecule has 0 amide bonds. The first kappa shape index (κ1) is 8.49. The lowest BCUT2D eigenvalue weighted by molar-refractivity contribution is -0.384. The second-order valence-corrected chi connectivity index (χ2v) is 2.67. The lowest BCUT2D eigenvalue weighted by Gasteiger charge is -1.95. The van der Waals surface area contributed by atoms with E-state index in [1.54, 1.807) is 12.1 Å². The van der Waals surface area contributed by atoms with Gasteiger partial charge in [-0.05, 0) is 12.1 Å². The monoisotopic (exact) mass is 190 g/mol. The predicted octanol–water partition coefficient (Wildman–Crippen LogP) is 1.76. The fourth-order valence-corrected chi connectivity index (χ4v) is 1.11. The Balaban J connectivity index is 2.30. The van der Waals surface area contributed by atoms with Gasteiger partial charge in [-0.15, -0.1) is 5.11 Å². The van der Waals surface area contributed by atoms with Crippen LogP contribution in [0.15, 0.2) is 39.5 Å². The van der Waals surface area contributed by atoms with Gasteiger partial charge in [-0.2, -0.15) is 5.11 Å². The summed E-state index contributed by atoms with van der Waals surface area (Å²) in [5.41, 5.74) is 0.807. The molecule has 6 nitrogen and oxygen atoms in total. The van der Waals surface area contributed by atoms with Gasteiger partial charge in [0, 0.05) is 17.7 Å². The van der Waals surface area contributed by atoms with Crippen molar-refractivity contribution >= 4 is 11.5 Å². The van der Waals surface area contributed by atoms with Crippen LogP contribution in [0.4, 0.5) is 5.69 Å². The van der Waals surface area contributed by atoms with Crippen molar-refractivity contribution in [3.05, 3.63) is 39.9 Å². The quantitative estimate of drug-likeness (QED) is 0.526. The number of non-ortho nitro benzene ring substituents is 1. The van der Waals surface area contributed by atoms with Crippen LogP contribution in [-0.2, 0) is 0 Å². The molecule has 1 aromatic carbocycles. The summed E-state index contributed by atoms with van der Waals surface area (Å²) in [6.45, 7) is 0.340. The largest absolute Gasteiger partial charge is 0.269 e. The highest BCUT2D eigenvalue weighted by Crippen LogP contribution is 2.14. The first-order valence-electron chi connectivity index (χ1n) is 3.94. The molecule has 0 bridgehead atoms. The van der Waals surface area contributed by atoms with Crippen molar-refractivity contribution in [3.8, 4) is 0 Å². The number of nitro benzene ring substituents is 1. The molecule has 1 heterocycles. The van der Waals surface area contributed by atoms with Crippen LogP contribution in [0.5, 0.6) is 0 Å². The van der Waals surface area contributed by atoms with Crippen molar-refractivity contribution in [2.75, 3.05) is 6.67 Å². The molecule has 0 unspecified atom stereocenters. The Hall–Kier alpha value is -2.11. The van der Waals surface area contributed by atoms with Gasteiger partial charge in [-0.3, -0.25) is 10.1 Å². The summed E-state index contributed by atoms with van der Waals surface area (Å²) in [5.74, 6) is 0.528. The van der Waals surface area contributed by atoms with Gasteiger partial charge >= 0.3 is 0 Å². The highest BCUT2D eigenvalue weighted by atomic mass is 16.6. The molecule has 1 aromatic rings. The zero-order chi connectivity index (χ0) is 9.97. The first-order valence-corrected chi connectivity index (χ1v) is 3.94. The van der Waals surface area contributed by atoms with Crippen LogP contribution in [0.2, 0.25) is 0 Å². The Morgan fingerprint density at radius 1 is 1.29 bits per heavy atom. The van der Waals surface area contributed by atoms with Crippen LogP contribution < -0.4 is 0 Å². The summed E-state index contributed by atoms with van der Waals surface area (Å²) in [6.07, 6.45) is 0. The van der Waals surface area contributed by atoms with Gasteiger partial charge in [0.1, 0.15) is 0 Å². The Kier molecular flexibility index (Phi) is 2.02. The molecule has 1 aliphatic rings. The Bertz CT molecular complexity index is 421. The van der Waals surface area contributed by atoms with Gasteiger partial charge in [-0.1, -0.05) is 0 Å². The zero-order valence-electron chi connectivity index (χ0n) is 7.12. The highest BCUT2D eigenvalue weighted by Gasteiger charge is 2.09. The summed E-state index contributed by atoms with van der Waals surface area (Å²) >= 11 is 0. The average molecular weight is 190 g/mol.